The zero-order valence-electron chi connectivity index (χ0n) is 10.4. The molecule has 0 aliphatic heterocycles. The van der Waals surface area contributed by atoms with Crippen LogP contribution in [-0.4, -0.2) is 11.5 Å². The smallest absolute Gasteiger partial charge is 0.145 e. The molecule has 0 aliphatic carbocycles. The van der Waals surface area contributed by atoms with Crippen molar-refractivity contribution in [1.29, 1.82) is 5.26 Å². The Hall–Kier alpha value is -2.34. The second-order valence-electron chi connectivity index (χ2n) is 3.97. The molecule has 0 N–H and O–H groups in total. The molecule has 0 saturated carbocycles. The molecule has 2 rings (SSSR count). The summed E-state index contributed by atoms with van der Waals surface area (Å²) in [5.41, 5.74) is 2.63. The van der Waals surface area contributed by atoms with E-state index in [1.165, 1.54) is 0 Å². The lowest BCUT2D eigenvalue weighted by Gasteiger charge is -2.23. The minimum absolute atomic E-state index is 0.506. The van der Waals surface area contributed by atoms with E-state index in [9.17, 15) is 0 Å². The van der Waals surface area contributed by atoms with E-state index in [2.05, 4.69) is 35.0 Å². The van der Waals surface area contributed by atoms with E-state index in [4.69, 9.17) is 5.26 Å². The molecule has 18 heavy (non-hydrogen) atoms. The first-order chi connectivity index (χ1) is 8.85. The van der Waals surface area contributed by atoms with Crippen LogP contribution in [0.5, 0.6) is 0 Å². The highest BCUT2D eigenvalue weighted by atomic mass is 15.1. The van der Waals surface area contributed by atoms with Crippen molar-refractivity contribution in [3.8, 4) is 6.07 Å². The molecule has 0 unspecified atom stereocenters. The number of aromatic nitrogens is 1. The first-order valence-corrected chi connectivity index (χ1v) is 5.99. The molecule has 2 aromatic rings. The summed E-state index contributed by atoms with van der Waals surface area (Å²) in [5, 5.41) is 9.04. The molecule has 1 aromatic carbocycles. The Morgan fingerprint density at radius 2 is 1.94 bits per heavy atom. The minimum Gasteiger partial charge on any atom is -0.367 e. The number of anilines is 1. The summed E-state index contributed by atoms with van der Waals surface area (Å²) in [6, 6.07) is 16.2. The topological polar surface area (TPSA) is 39.9 Å². The number of hydrogen-bond acceptors (Lipinski definition) is 3. The van der Waals surface area contributed by atoms with Gasteiger partial charge in [0.15, 0.2) is 0 Å². The maximum Gasteiger partial charge on any atom is 0.145 e. The van der Waals surface area contributed by atoms with Gasteiger partial charge in [0.1, 0.15) is 11.8 Å². The number of pyridine rings is 1. The van der Waals surface area contributed by atoms with Crippen molar-refractivity contribution in [1.82, 2.24) is 4.98 Å². The number of nitrogens with zero attached hydrogens (tertiary/aromatic N) is 3. The van der Waals surface area contributed by atoms with E-state index in [0.717, 1.165) is 17.8 Å². The predicted molar refractivity (Wildman–Crippen MR) is 72.1 cm³/mol. The number of benzene rings is 1. The van der Waals surface area contributed by atoms with Crippen molar-refractivity contribution in [3.05, 3.63) is 59.9 Å². The van der Waals surface area contributed by atoms with Crippen LogP contribution in [0.2, 0.25) is 0 Å². The Morgan fingerprint density at radius 1 is 1.17 bits per heavy atom. The summed E-state index contributed by atoms with van der Waals surface area (Å²) in [6.45, 7) is 3.70. The summed E-state index contributed by atoms with van der Waals surface area (Å²) in [6.07, 6.45) is 1.65. The lowest BCUT2D eigenvalue weighted by atomic mass is 10.1. The molecule has 1 heterocycles. The van der Waals surface area contributed by atoms with E-state index in [1.807, 2.05) is 30.3 Å². The van der Waals surface area contributed by atoms with Crippen LogP contribution in [0.4, 0.5) is 5.69 Å². The minimum atomic E-state index is 0.506. The maximum absolute atomic E-state index is 9.04. The third-order valence-corrected chi connectivity index (χ3v) is 2.86. The van der Waals surface area contributed by atoms with Crippen molar-refractivity contribution in [3.63, 3.8) is 0 Å². The Balaban J connectivity index is 2.24. The standard InChI is InChI=1S/C15H15N3/c1-2-18(14-8-4-3-5-9-14)12-13-7-6-10-17-15(13)11-16/h3-10H,2,12H2,1H3. The molecule has 0 atom stereocenters. The maximum atomic E-state index is 9.04. The van der Waals surface area contributed by atoms with Gasteiger partial charge in [0.2, 0.25) is 0 Å². The van der Waals surface area contributed by atoms with Gasteiger partial charge in [0, 0.05) is 30.5 Å². The Bertz CT molecular complexity index is 543. The highest BCUT2D eigenvalue weighted by Crippen LogP contribution is 2.17. The molecule has 3 heteroatoms. The van der Waals surface area contributed by atoms with E-state index in [1.54, 1.807) is 6.20 Å². The van der Waals surface area contributed by atoms with Crippen molar-refractivity contribution in [2.24, 2.45) is 0 Å². The van der Waals surface area contributed by atoms with Crippen LogP contribution >= 0.6 is 0 Å². The van der Waals surface area contributed by atoms with Gasteiger partial charge in [-0.25, -0.2) is 4.98 Å². The Morgan fingerprint density at radius 3 is 2.61 bits per heavy atom. The summed E-state index contributed by atoms with van der Waals surface area (Å²) < 4.78 is 0. The molecule has 0 amide bonds. The van der Waals surface area contributed by atoms with Crippen LogP contribution < -0.4 is 4.90 Å². The van der Waals surface area contributed by atoms with Gasteiger partial charge < -0.3 is 4.90 Å². The normalized spacial score (nSPS) is 9.78. The highest BCUT2D eigenvalue weighted by molar-refractivity contribution is 5.47. The van der Waals surface area contributed by atoms with Gasteiger partial charge in [-0.15, -0.1) is 0 Å². The summed E-state index contributed by atoms with van der Waals surface area (Å²) in [4.78, 5) is 6.31. The highest BCUT2D eigenvalue weighted by Gasteiger charge is 2.08. The third kappa shape index (κ3) is 2.67. The van der Waals surface area contributed by atoms with Gasteiger partial charge in [-0.05, 0) is 25.1 Å². The molecule has 0 bridgehead atoms. The first kappa shape index (κ1) is 12.1. The fourth-order valence-electron chi connectivity index (χ4n) is 1.90. The van der Waals surface area contributed by atoms with Gasteiger partial charge in [-0.2, -0.15) is 5.26 Å². The van der Waals surface area contributed by atoms with Crippen LogP contribution in [0, 0.1) is 11.3 Å². The molecule has 0 fully saturated rings. The molecule has 0 aliphatic rings. The zero-order chi connectivity index (χ0) is 12.8. The molecule has 90 valence electrons. The fraction of sp³-hybridized carbons (Fsp3) is 0.200. The molecule has 0 spiro atoms. The second-order valence-corrected chi connectivity index (χ2v) is 3.97. The van der Waals surface area contributed by atoms with Crippen LogP contribution in [0.15, 0.2) is 48.7 Å². The summed E-state index contributed by atoms with van der Waals surface area (Å²) >= 11 is 0. The number of para-hydroxylation sites is 1. The summed E-state index contributed by atoms with van der Waals surface area (Å²) in [7, 11) is 0. The molecule has 1 aromatic heterocycles. The number of rotatable bonds is 4. The van der Waals surface area contributed by atoms with Gasteiger partial charge in [-0.3, -0.25) is 0 Å². The van der Waals surface area contributed by atoms with E-state index in [-0.39, 0.29) is 0 Å². The largest absolute Gasteiger partial charge is 0.367 e. The van der Waals surface area contributed by atoms with Crippen LogP contribution in [0.25, 0.3) is 0 Å². The number of nitriles is 1. The lowest BCUT2D eigenvalue weighted by Crippen LogP contribution is -2.22. The Labute approximate surface area is 107 Å². The van der Waals surface area contributed by atoms with Gasteiger partial charge in [-0.1, -0.05) is 24.3 Å². The van der Waals surface area contributed by atoms with E-state index >= 15 is 0 Å². The molecular weight excluding hydrogens is 222 g/mol. The monoisotopic (exact) mass is 237 g/mol. The second kappa shape index (κ2) is 5.83. The van der Waals surface area contributed by atoms with Gasteiger partial charge >= 0.3 is 0 Å². The third-order valence-electron chi connectivity index (χ3n) is 2.86. The van der Waals surface area contributed by atoms with Crippen molar-refractivity contribution in [2.75, 3.05) is 11.4 Å². The fourth-order valence-corrected chi connectivity index (χ4v) is 1.90. The SMILES string of the molecule is CCN(Cc1cccnc1C#N)c1ccccc1. The molecule has 3 nitrogen and oxygen atoms in total. The van der Waals surface area contributed by atoms with E-state index in [0.29, 0.717) is 12.2 Å². The summed E-state index contributed by atoms with van der Waals surface area (Å²) in [5.74, 6) is 0. The van der Waals surface area contributed by atoms with Crippen LogP contribution in [0.3, 0.4) is 0 Å². The zero-order valence-corrected chi connectivity index (χ0v) is 10.4. The van der Waals surface area contributed by atoms with E-state index < -0.39 is 0 Å². The average molecular weight is 237 g/mol. The quantitative estimate of drug-likeness (QED) is 0.820. The van der Waals surface area contributed by atoms with Gasteiger partial charge in [0.25, 0.3) is 0 Å². The van der Waals surface area contributed by atoms with Crippen LogP contribution in [0.1, 0.15) is 18.2 Å². The number of hydrogen-bond donors (Lipinski definition) is 0. The average Bonchev–Trinajstić information content (AvgIpc) is 2.46. The van der Waals surface area contributed by atoms with Crippen LogP contribution in [-0.2, 0) is 6.54 Å². The van der Waals surface area contributed by atoms with Crippen molar-refractivity contribution < 1.29 is 0 Å². The lowest BCUT2D eigenvalue weighted by molar-refractivity contribution is 0.825. The van der Waals surface area contributed by atoms with Crippen molar-refractivity contribution in [2.45, 2.75) is 13.5 Å². The molecule has 0 saturated heterocycles. The molecular formula is C15H15N3. The van der Waals surface area contributed by atoms with Crippen molar-refractivity contribution >= 4 is 5.69 Å². The Kier molecular flexibility index (Phi) is 3.93. The first-order valence-electron chi connectivity index (χ1n) is 5.99. The molecule has 0 radical (unpaired) electrons. The predicted octanol–water partition coefficient (Wildman–Crippen LogP) is 2.98. The van der Waals surface area contributed by atoms with Gasteiger partial charge in [0.05, 0.1) is 0 Å².